The fourth-order valence-electron chi connectivity index (χ4n) is 0.978. The molecule has 1 saturated heterocycles. The molecule has 1 aliphatic heterocycles. The summed E-state index contributed by atoms with van der Waals surface area (Å²) in [6.45, 7) is 1.12. The van der Waals surface area contributed by atoms with E-state index < -0.39 is 6.10 Å². The first-order chi connectivity index (χ1) is 4.34. The van der Waals surface area contributed by atoms with Crippen LogP contribution in [0.15, 0.2) is 0 Å². The SMILES string of the molecule is CO[C@@H]1CCOCC1O. The van der Waals surface area contributed by atoms with Crippen LogP contribution in [-0.2, 0) is 9.47 Å². The predicted molar refractivity (Wildman–Crippen MR) is 32.2 cm³/mol. The first-order valence-corrected chi connectivity index (χ1v) is 3.13. The summed E-state index contributed by atoms with van der Waals surface area (Å²) in [4.78, 5) is 0. The molecule has 3 nitrogen and oxygen atoms in total. The molecule has 1 heterocycles. The van der Waals surface area contributed by atoms with Crippen LogP contribution in [0, 0.1) is 0 Å². The van der Waals surface area contributed by atoms with Crippen molar-refractivity contribution < 1.29 is 14.6 Å². The second-order valence-corrected chi connectivity index (χ2v) is 2.21. The van der Waals surface area contributed by atoms with Crippen molar-refractivity contribution >= 4 is 0 Å². The zero-order valence-corrected chi connectivity index (χ0v) is 5.54. The third kappa shape index (κ3) is 1.64. The molecule has 0 aromatic carbocycles. The quantitative estimate of drug-likeness (QED) is 0.536. The van der Waals surface area contributed by atoms with E-state index in [1.165, 1.54) is 0 Å². The fraction of sp³-hybridized carbons (Fsp3) is 1.00. The molecule has 9 heavy (non-hydrogen) atoms. The van der Waals surface area contributed by atoms with Crippen LogP contribution in [0.4, 0.5) is 0 Å². The van der Waals surface area contributed by atoms with E-state index in [2.05, 4.69) is 0 Å². The van der Waals surface area contributed by atoms with Crippen LogP contribution in [0.3, 0.4) is 0 Å². The van der Waals surface area contributed by atoms with Crippen molar-refractivity contribution in [1.82, 2.24) is 0 Å². The molecule has 54 valence electrons. The summed E-state index contributed by atoms with van der Waals surface area (Å²) in [5.41, 5.74) is 0. The average Bonchev–Trinajstić information content (AvgIpc) is 1.89. The lowest BCUT2D eigenvalue weighted by molar-refractivity contribution is -0.100. The Balaban J connectivity index is 2.30. The lowest BCUT2D eigenvalue weighted by Gasteiger charge is -2.25. The van der Waals surface area contributed by atoms with Gasteiger partial charge in [0.2, 0.25) is 0 Å². The van der Waals surface area contributed by atoms with E-state index in [9.17, 15) is 0 Å². The highest BCUT2D eigenvalue weighted by Gasteiger charge is 2.22. The topological polar surface area (TPSA) is 38.7 Å². The summed E-state index contributed by atoms with van der Waals surface area (Å²) < 4.78 is 9.96. The molecular formula is C6H12O3. The molecule has 1 unspecified atom stereocenters. The number of hydrogen-bond acceptors (Lipinski definition) is 3. The molecule has 1 rings (SSSR count). The number of aliphatic hydroxyl groups excluding tert-OH is 1. The Morgan fingerprint density at radius 2 is 2.44 bits per heavy atom. The molecule has 1 N–H and O–H groups in total. The highest BCUT2D eigenvalue weighted by Crippen LogP contribution is 2.09. The van der Waals surface area contributed by atoms with Gasteiger partial charge in [-0.2, -0.15) is 0 Å². The number of aliphatic hydroxyl groups is 1. The van der Waals surface area contributed by atoms with Crippen LogP contribution in [-0.4, -0.2) is 37.6 Å². The van der Waals surface area contributed by atoms with Crippen molar-refractivity contribution in [2.45, 2.75) is 18.6 Å². The molecule has 0 aromatic rings. The van der Waals surface area contributed by atoms with Gasteiger partial charge in [-0.1, -0.05) is 0 Å². The van der Waals surface area contributed by atoms with Crippen LogP contribution in [0.2, 0.25) is 0 Å². The Labute approximate surface area is 54.6 Å². The number of ether oxygens (including phenoxy) is 2. The van der Waals surface area contributed by atoms with E-state index >= 15 is 0 Å². The minimum atomic E-state index is -0.427. The van der Waals surface area contributed by atoms with Gasteiger partial charge in [0.05, 0.1) is 12.7 Å². The Hall–Kier alpha value is -0.120. The molecular weight excluding hydrogens is 120 g/mol. The molecule has 0 radical (unpaired) electrons. The Morgan fingerprint density at radius 3 is 2.89 bits per heavy atom. The second-order valence-electron chi connectivity index (χ2n) is 2.21. The maximum absolute atomic E-state index is 9.12. The van der Waals surface area contributed by atoms with Gasteiger partial charge in [-0.3, -0.25) is 0 Å². The van der Waals surface area contributed by atoms with Crippen LogP contribution in [0.25, 0.3) is 0 Å². The molecule has 3 heteroatoms. The van der Waals surface area contributed by atoms with Crippen LogP contribution >= 0.6 is 0 Å². The van der Waals surface area contributed by atoms with Crippen molar-refractivity contribution in [3.05, 3.63) is 0 Å². The maximum Gasteiger partial charge on any atom is 0.103 e. The molecule has 0 aliphatic carbocycles. The summed E-state index contributed by atoms with van der Waals surface area (Å²) in [6, 6.07) is 0. The lowest BCUT2D eigenvalue weighted by Crippen LogP contribution is -2.37. The van der Waals surface area contributed by atoms with Crippen molar-refractivity contribution in [3.8, 4) is 0 Å². The number of methoxy groups -OCH3 is 1. The normalized spacial score (nSPS) is 36.7. The van der Waals surface area contributed by atoms with E-state index in [1.54, 1.807) is 7.11 Å². The van der Waals surface area contributed by atoms with Crippen molar-refractivity contribution in [2.24, 2.45) is 0 Å². The van der Waals surface area contributed by atoms with Crippen molar-refractivity contribution in [2.75, 3.05) is 20.3 Å². The zero-order chi connectivity index (χ0) is 6.69. The molecule has 0 aromatic heterocycles. The lowest BCUT2D eigenvalue weighted by atomic mass is 10.1. The molecule has 0 bridgehead atoms. The van der Waals surface area contributed by atoms with Gasteiger partial charge in [0.25, 0.3) is 0 Å². The van der Waals surface area contributed by atoms with E-state index in [0.717, 1.165) is 6.42 Å². The highest BCUT2D eigenvalue weighted by atomic mass is 16.5. The van der Waals surface area contributed by atoms with Gasteiger partial charge < -0.3 is 14.6 Å². The summed E-state index contributed by atoms with van der Waals surface area (Å²) in [6.07, 6.45) is 0.361. The van der Waals surface area contributed by atoms with Crippen LogP contribution in [0.1, 0.15) is 6.42 Å². The van der Waals surface area contributed by atoms with Gasteiger partial charge in [-0.05, 0) is 6.42 Å². The third-order valence-electron chi connectivity index (χ3n) is 1.57. The average molecular weight is 132 g/mol. The molecule has 0 amide bonds. The first-order valence-electron chi connectivity index (χ1n) is 3.13. The van der Waals surface area contributed by atoms with E-state index in [4.69, 9.17) is 14.6 Å². The van der Waals surface area contributed by atoms with Crippen LogP contribution < -0.4 is 0 Å². The molecule has 1 aliphatic rings. The minimum Gasteiger partial charge on any atom is -0.388 e. The summed E-state index contributed by atoms with van der Waals surface area (Å²) >= 11 is 0. The van der Waals surface area contributed by atoms with Gasteiger partial charge >= 0.3 is 0 Å². The first kappa shape index (κ1) is 6.99. The van der Waals surface area contributed by atoms with Crippen LogP contribution in [0.5, 0.6) is 0 Å². The van der Waals surface area contributed by atoms with Gasteiger partial charge in [-0.25, -0.2) is 0 Å². The monoisotopic (exact) mass is 132 g/mol. The van der Waals surface area contributed by atoms with Gasteiger partial charge in [0, 0.05) is 13.7 Å². The second kappa shape index (κ2) is 3.15. The van der Waals surface area contributed by atoms with E-state index in [1.807, 2.05) is 0 Å². The summed E-state index contributed by atoms with van der Waals surface area (Å²) in [5.74, 6) is 0. The third-order valence-corrected chi connectivity index (χ3v) is 1.57. The molecule has 1 fully saturated rings. The number of rotatable bonds is 1. The standard InChI is InChI=1S/C6H12O3/c1-8-6-2-3-9-4-5(6)7/h5-7H,2-4H2,1H3/t5?,6-/m1/s1. The summed E-state index contributed by atoms with van der Waals surface area (Å²) in [7, 11) is 1.61. The zero-order valence-electron chi connectivity index (χ0n) is 5.54. The van der Waals surface area contributed by atoms with Crippen molar-refractivity contribution in [3.63, 3.8) is 0 Å². The minimum absolute atomic E-state index is 0.0150. The molecule has 0 saturated carbocycles. The summed E-state index contributed by atoms with van der Waals surface area (Å²) in [5, 5.41) is 9.12. The van der Waals surface area contributed by atoms with E-state index in [0.29, 0.717) is 13.2 Å². The Bertz CT molecular complexity index is 84.4. The van der Waals surface area contributed by atoms with Gasteiger partial charge in [-0.15, -0.1) is 0 Å². The smallest absolute Gasteiger partial charge is 0.103 e. The Morgan fingerprint density at radius 1 is 1.67 bits per heavy atom. The largest absolute Gasteiger partial charge is 0.388 e. The Kier molecular flexibility index (Phi) is 2.45. The molecule has 0 spiro atoms. The van der Waals surface area contributed by atoms with Gasteiger partial charge in [0.15, 0.2) is 0 Å². The van der Waals surface area contributed by atoms with Crippen molar-refractivity contribution in [1.29, 1.82) is 0 Å². The predicted octanol–water partition coefficient (Wildman–Crippen LogP) is -0.217. The maximum atomic E-state index is 9.12. The number of hydrogen-bond donors (Lipinski definition) is 1. The van der Waals surface area contributed by atoms with Gasteiger partial charge in [0.1, 0.15) is 6.10 Å². The molecule has 2 atom stereocenters. The van der Waals surface area contributed by atoms with E-state index in [-0.39, 0.29) is 6.10 Å². The fourth-order valence-corrected chi connectivity index (χ4v) is 0.978. The highest BCUT2D eigenvalue weighted by molar-refractivity contribution is 4.71.